The molecule has 1 atom stereocenters. The number of nitrogens with two attached hydrogens (primary N) is 1. The lowest BCUT2D eigenvalue weighted by atomic mass is 10.1. The minimum Gasteiger partial charge on any atom is -0.459 e. The van der Waals surface area contributed by atoms with Gasteiger partial charge in [0.15, 0.2) is 0 Å². The van der Waals surface area contributed by atoms with Crippen LogP contribution in [0.4, 0.5) is 8.78 Å². The van der Waals surface area contributed by atoms with E-state index in [0.717, 1.165) is 12.1 Å². The predicted molar refractivity (Wildman–Crippen MR) is 76.5 cm³/mol. The van der Waals surface area contributed by atoms with Crippen molar-refractivity contribution in [2.45, 2.75) is 32.4 Å². The van der Waals surface area contributed by atoms with Gasteiger partial charge in [-0.1, -0.05) is 6.07 Å². The van der Waals surface area contributed by atoms with Gasteiger partial charge in [0.2, 0.25) is 0 Å². The highest BCUT2D eigenvalue weighted by molar-refractivity contribution is 7.99. The van der Waals surface area contributed by atoms with Crippen molar-refractivity contribution < 1.29 is 18.3 Å². The van der Waals surface area contributed by atoms with Crippen LogP contribution in [0.5, 0.6) is 0 Å². The maximum atomic E-state index is 13.5. The summed E-state index contributed by atoms with van der Waals surface area (Å²) in [6.07, 6.45) is 0. The Morgan fingerprint density at radius 3 is 2.60 bits per heavy atom. The maximum absolute atomic E-state index is 13.5. The Bertz CT molecular complexity index is 475. The number of esters is 1. The minimum atomic E-state index is -0.671. The van der Waals surface area contributed by atoms with E-state index in [1.54, 1.807) is 20.8 Å². The summed E-state index contributed by atoms with van der Waals surface area (Å²) < 4.78 is 31.4. The summed E-state index contributed by atoms with van der Waals surface area (Å²) in [6.45, 7) is 5.36. The van der Waals surface area contributed by atoms with Crippen LogP contribution in [-0.4, -0.2) is 23.1 Å². The van der Waals surface area contributed by atoms with E-state index in [0.29, 0.717) is 5.75 Å². The number of hydrogen-bond acceptors (Lipinski definition) is 4. The molecule has 1 aromatic carbocycles. The summed E-state index contributed by atoms with van der Waals surface area (Å²) in [7, 11) is 0. The Hall–Kier alpha value is -1.14. The van der Waals surface area contributed by atoms with Gasteiger partial charge >= 0.3 is 5.97 Å². The van der Waals surface area contributed by atoms with Crippen molar-refractivity contribution in [2.75, 3.05) is 11.5 Å². The maximum Gasteiger partial charge on any atom is 0.316 e. The lowest BCUT2D eigenvalue weighted by Crippen LogP contribution is -2.25. The fourth-order valence-corrected chi connectivity index (χ4v) is 2.31. The highest BCUT2D eigenvalue weighted by Gasteiger charge is 2.17. The van der Waals surface area contributed by atoms with Crippen molar-refractivity contribution in [3.63, 3.8) is 0 Å². The van der Waals surface area contributed by atoms with Crippen LogP contribution in [0.2, 0.25) is 0 Å². The van der Waals surface area contributed by atoms with Crippen LogP contribution in [0.15, 0.2) is 18.2 Å². The topological polar surface area (TPSA) is 52.3 Å². The Balaban J connectivity index is 2.44. The van der Waals surface area contributed by atoms with Gasteiger partial charge in [-0.25, -0.2) is 8.78 Å². The zero-order valence-electron chi connectivity index (χ0n) is 11.8. The molecule has 1 rings (SSSR count). The van der Waals surface area contributed by atoms with Gasteiger partial charge in [0, 0.05) is 23.4 Å². The molecule has 0 amide bonds. The van der Waals surface area contributed by atoms with E-state index >= 15 is 0 Å². The number of hydrogen-bond donors (Lipinski definition) is 1. The molecule has 0 aliphatic heterocycles. The zero-order valence-corrected chi connectivity index (χ0v) is 12.6. The molecule has 0 radical (unpaired) electrons. The quantitative estimate of drug-likeness (QED) is 0.850. The first-order chi connectivity index (χ1) is 9.19. The molecule has 0 aliphatic rings. The first-order valence-electron chi connectivity index (χ1n) is 6.19. The smallest absolute Gasteiger partial charge is 0.316 e. The lowest BCUT2D eigenvalue weighted by molar-refractivity contribution is -0.151. The molecule has 0 bridgehead atoms. The van der Waals surface area contributed by atoms with E-state index in [4.69, 9.17) is 10.5 Å². The molecule has 0 aromatic heterocycles. The van der Waals surface area contributed by atoms with E-state index in [2.05, 4.69) is 0 Å². The Morgan fingerprint density at radius 2 is 2.05 bits per heavy atom. The first kappa shape index (κ1) is 16.9. The summed E-state index contributed by atoms with van der Waals surface area (Å²) in [6, 6.07) is 2.69. The van der Waals surface area contributed by atoms with Gasteiger partial charge in [-0.3, -0.25) is 4.79 Å². The molecule has 1 unspecified atom stereocenters. The highest BCUT2D eigenvalue weighted by Crippen LogP contribution is 2.20. The van der Waals surface area contributed by atoms with E-state index in [1.165, 1.54) is 17.8 Å². The molecule has 0 heterocycles. The minimum absolute atomic E-state index is 0.147. The van der Waals surface area contributed by atoms with Crippen LogP contribution in [0.1, 0.15) is 32.4 Å². The number of halogens is 2. The third-order valence-corrected chi connectivity index (χ3v) is 3.33. The van der Waals surface area contributed by atoms with Gasteiger partial charge in [-0.2, -0.15) is 0 Å². The first-order valence-corrected chi connectivity index (χ1v) is 7.34. The number of thioether (sulfide) groups is 1. The van der Waals surface area contributed by atoms with Gasteiger partial charge in [0.1, 0.15) is 17.2 Å². The molecule has 112 valence electrons. The molecule has 0 saturated carbocycles. The van der Waals surface area contributed by atoms with Crippen LogP contribution in [0, 0.1) is 11.6 Å². The molecule has 0 fully saturated rings. The van der Waals surface area contributed by atoms with Crippen molar-refractivity contribution >= 4 is 17.7 Å². The van der Waals surface area contributed by atoms with E-state index in [1.807, 2.05) is 0 Å². The second kappa shape index (κ2) is 7.04. The van der Waals surface area contributed by atoms with E-state index in [9.17, 15) is 13.6 Å². The van der Waals surface area contributed by atoms with Gasteiger partial charge in [-0.15, -0.1) is 11.8 Å². The normalized spacial score (nSPS) is 13.1. The second-order valence-electron chi connectivity index (χ2n) is 5.37. The monoisotopic (exact) mass is 303 g/mol. The highest BCUT2D eigenvalue weighted by atomic mass is 32.2. The van der Waals surface area contributed by atoms with E-state index in [-0.39, 0.29) is 17.3 Å². The Morgan fingerprint density at radius 1 is 1.40 bits per heavy atom. The zero-order chi connectivity index (χ0) is 15.3. The van der Waals surface area contributed by atoms with Crippen LogP contribution in [0.25, 0.3) is 0 Å². The number of carbonyl (C=O) groups excluding carboxylic acids is 1. The van der Waals surface area contributed by atoms with Gasteiger partial charge < -0.3 is 10.5 Å². The summed E-state index contributed by atoms with van der Waals surface area (Å²) >= 11 is 1.26. The van der Waals surface area contributed by atoms with Gasteiger partial charge in [-0.05, 0) is 26.8 Å². The van der Waals surface area contributed by atoms with E-state index < -0.39 is 23.3 Å². The molecule has 0 aliphatic carbocycles. The predicted octanol–water partition coefficient (Wildman–Crippen LogP) is 3.04. The SMILES string of the molecule is CC(C)(C)OC(=O)CSCC(N)c1ccc(F)cc1F. The Kier molecular flexibility index (Phi) is 5.95. The van der Waals surface area contributed by atoms with Crippen LogP contribution >= 0.6 is 11.8 Å². The van der Waals surface area contributed by atoms with Crippen LogP contribution < -0.4 is 5.73 Å². The third-order valence-electron chi connectivity index (χ3n) is 2.30. The van der Waals surface area contributed by atoms with Crippen LogP contribution in [-0.2, 0) is 9.53 Å². The van der Waals surface area contributed by atoms with Gasteiger partial charge in [0.05, 0.1) is 5.75 Å². The molecular formula is C14H19F2NO2S. The average Bonchev–Trinajstić information content (AvgIpc) is 2.25. The largest absolute Gasteiger partial charge is 0.459 e. The Labute approximate surface area is 121 Å². The summed E-state index contributed by atoms with van der Waals surface area (Å²) in [4.78, 5) is 11.5. The number of carbonyl (C=O) groups is 1. The number of rotatable bonds is 5. The number of benzene rings is 1. The standard InChI is InChI=1S/C14H19F2NO2S/c1-14(2,3)19-13(18)8-20-7-12(17)10-5-4-9(15)6-11(10)16/h4-6,12H,7-8,17H2,1-3H3. The summed E-state index contributed by atoms with van der Waals surface area (Å²) in [5, 5.41) is 0. The second-order valence-corrected chi connectivity index (χ2v) is 6.40. The fourth-order valence-electron chi connectivity index (χ4n) is 1.53. The summed E-state index contributed by atoms with van der Waals surface area (Å²) in [5.41, 5.74) is 5.54. The van der Waals surface area contributed by atoms with Gasteiger partial charge in [0.25, 0.3) is 0 Å². The fraction of sp³-hybridized carbons (Fsp3) is 0.500. The molecule has 1 aromatic rings. The molecule has 6 heteroatoms. The van der Waals surface area contributed by atoms with Crippen molar-refractivity contribution in [1.82, 2.24) is 0 Å². The molecule has 20 heavy (non-hydrogen) atoms. The third kappa shape index (κ3) is 5.88. The van der Waals surface area contributed by atoms with Crippen molar-refractivity contribution in [3.8, 4) is 0 Å². The molecule has 3 nitrogen and oxygen atoms in total. The van der Waals surface area contributed by atoms with Crippen molar-refractivity contribution in [3.05, 3.63) is 35.4 Å². The van der Waals surface area contributed by atoms with Crippen molar-refractivity contribution in [1.29, 1.82) is 0 Å². The molecule has 0 saturated heterocycles. The lowest BCUT2D eigenvalue weighted by Gasteiger charge is -2.19. The van der Waals surface area contributed by atoms with Crippen molar-refractivity contribution in [2.24, 2.45) is 5.73 Å². The molecule has 2 N–H and O–H groups in total. The summed E-state index contributed by atoms with van der Waals surface area (Å²) in [5.74, 6) is -1.15. The van der Waals surface area contributed by atoms with Crippen LogP contribution in [0.3, 0.4) is 0 Å². The molecular weight excluding hydrogens is 284 g/mol. The number of ether oxygens (including phenoxy) is 1. The average molecular weight is 303 g/mol. The molecule has 0 spiro atoms.